The third-order valence-corrected chi connectivity index (χ3v) is 7.43. The number of benzene rings is 2. The Balaban J connectivity index is 1.57. The number of rotatable bonds is 1. The minimum atomic E-state index is 0.478. The van der Waals surface area contributed by atoms with E-state index >= 15 is 0 Å². The van der Waals surface area contributed by atoms with Crippen LogP contribution in [0.2, 0.25) is 0 Å². The summed E-state index contributed by atoms with van der Waals surface area (Å²) >= 11 is 0. The Morgan fingerprint density at radius 3 is 2.60 bits per heavy atom. The van der Waals surface area contributed by atoms with Crippen LogP contribution in [0.15, 0.2) is 47.2 Å². The highest BCUT2D eigenvalue weighted by Crippen LogP contribution is 2.50. The Kier molecular flexibility index (Phi) is 3.66. The van der Waals surface area contributed by atoms with Crippen LogP contribution in [-0.2, 0) is 7.05 Å². The molecule has 4 aromatic rings. The normalized spacial score (nSPS) is 17.9. The Labute approximate surface area is 177 Å². The molecule has 3 heteroatoms. The third kappa shape index (κ3) is 2.54. The van der Waals surface area contributed by atoms with Gasteiger partial charge in [-0.25, -0.2) is 4.57 Å². The van der Waals surface area contributed by atoms with E-state index in [9.17, 15) is 0 Å². The van der Waals surface area contributed by atoms with E-state index in [2.05, 4.69) is 62.8 Å². The molecule has 1 aliphatic heterocycles. The smallest absolute Gasteiger partial charge is 0.228 e. The molecule has 0 amide bonds. The van der Waals surface area contributed by atoms with E-state index in [0.29, 0.717) is 11.3 Å². The van der Waals surface area contributed by atoms with Gasteiger partial charge in [0.05, 0.1) is 17.2 Å². The van der Waals surface area contributed by atoms with Gasteiger partial charge in [-0.2, -0.15) is 0 Å². The van der Waals surface area contributed by atoms with Gasteiger partial charge in [-0.05, 0) is 73.1 Å². The molecule has 0 radical (unpaired) electrons. The molecule has 1 fully saturated rings. The van der Waals surface area contributed by atoms with Gasteiger partial charge < -0.3 is 9.15 Å². The van der Waals surface area contributed by atoms with Crippen LogP contribution in [0.1, 0.15) is 56.6 Å². The first-order valence-corrected chi connectivity index (χ1v) is 11.1. The molecule has 0 spiro atoms. The van der Waals surface area contributed by atoms with Crippen molar-refractivity contribution in [3.63, 3.8) is 0 Å². The number of furan rings is 1. The summed E-state index contributed by atoms with van der Waals surface area (Å²) in [6.45, 7) is 6.94. The molecule has 30 heavy (non-hydrogen) atoms. The molecule has 1 aliphatic carbocycles. The number of aryl methyl sites for hydroxylation is 2. The Morgan fingerprint density at radius 2 is 1.80 bits per heavy atom. The highest BCUT2D eigenvalue weighted by atomic mass is 16.5. The fourth-order valence-electron chi connectivity index (χ4n) is 5.58. The van der Waals surface area contributed by atoms with Crippen LogP contribution in [0.3, 0.4) is 0 Å². The molecule has 152 valence electrons. The summed E-state index contributed by atoms with van der Waals surface area (Å²) in [6.07, 6.45) is 9.05. The molecule has 0 N–H and O–H groups in total. The molecule has 2 aromatic carbocycles. The lowest BCUT2D eigenvalue weighted by Gasteiger charge is -2.34. The van der Waals surface area contributed by atoms with Gasteiger partial charge in [0.25, 0.3) is 0 Å². The monoisotopic (exact) mass is 398 g/mol. The fraction of sp³-hybridized carbons (Fsp3) is 0.370. The van der Waals surface area contributed by atoms with E-state index in [4.69, 9.17) is 9.15 Å². The fourth-order valence-corrected chi connectivity index (χ4v) is 5.58. The van der Waals surface area contributed by atoms with Crippen LogP contribution in [0.25, 0.3) is 33.0 Å². The first-order chi connectivity index (χ1) is 14.4. The van der Waals surface area contributed by atoms with E-state index in [1.807, 2.05) is 6.07 Å². The van der Waals surface area contributed by atoms with E-state index in [0.717, 1.165) is 33.6 Å². The van der Waals surface area contributed by atoms with Crippen molar-refractivity contribution in [2.24, 2.45) is 12.5 Å². The first-order valence-electron chi connectivity index (χ1n) is 11.1. The minimum absolute atomic E-state index is 0.478. The predicted molar refractivity (Wildman–Crippen MR) is 120 cm³/mol. The molecule has 6 rings (SSSR count). The molecular weight excluding hydrogens is 370 g/mol. The van der Waals surface area contributed by atoms with Crippen LogP contribution in [0.4, 0.5) is 0 Å². The lowest BCUT2D eigenvalue weighted by atomic mass is 9.71. The number of hydrogen-bond donors (Lipinski definition) is 0. The highest BCUT2D eigenvalue weighted by molar-refractivity contribution is 6.04. The van der Waals surface area contributed by atoms with Gasteiger partial charge in [0, 0.05) is 17.0 Å². The first kappa shape index (κ1) is 18.0. The number of fused-ring (bicyclic) bond motifs is 3. The SMILES string of the molecule is Cc1c2c(cc3ccoc13)Oc1cc(C3CCC(C)(C)CC3)cc3cc[n+](C)c-2c13. The molecule has 0 atom stereocenters. The van der Waals surface area contributed by atoms with Gasteiger partial charge in [0.1, 0.15) is 24.1 Å². The average molecular weight is 399 g/mol. The highest BCUT2D eigenvalue weighted by Gasteiger charge is 2.33. The summed E-state index contributed by atoms with van der Waals surface area (Å²) in [4.78, 5) is 0. The Hall–Kier alpha value is -2.81. The molecule has 2 aromatic heterocycles. The summed E-state index contributed by atoms with van der Waals surface area (Å²) in [5, 5.41) is 3.57. The van der Waals surface area contributed by atoms with Crippen molar-refractivity contribution in [3.05, 3.63) is 53.9 Å². The Morgan fingerprint density at radius 1 is 1.00 bits per heavy atom. The van der Waals surface area contributed by atoms with Crippen molar-refractivity contribution in [1.29, 1.82) is 0 Å². The molecule has 1 saturated carbocycles. The molecule has 2 aliphatic rings. The van der Waals surface area contributed by atoms with Crippen molar-refractivity contribution in [2.45, 2.75) is 52.4 Å². The zero-order valence-electron chi connectivity index (χ0n) is 18.2. The molecule has 3 heterocycles. The second kappa shape index (κ2) is 6.10. The zero-order chi connectivity index (χ0) is 20.6. The summed E-state index contributed by atoms with van der Waals surface area (Å²) in [5.74, 6) is 2.55. The Bertz CT molecular complexity index is 1320. The van der Waals surface area contributed by atoms with Crippen LogP contribution in [0, 0.1) is 12.3 Å². The van der Waals surface area contributed by atoms with Crippen LogP contribution >= 0.6 is 0 Å². The number of aromatic nitrogens is 1. The van der Waals surface area contributed by atoms with Crippen molar-refractivity contribution in [1.82, 2.24) is 0 Å². The van der Waals surface area contributed by atoms with Crippen LogP contribution in [-0.4, -0.2) is 0 Å². The van der Waals surface area contributed by atoms with E-state index in [-0.39, 0.29) is 0 Å². The van der Waals surface area contributed by atoms with Gasteiger partial charge in [-0.3, -0.25) is 0 Å². The molecule has 0 unspecified atom stereocenters. The van der Waals surface area contributed by atoms with Gasteiger partial charge in [-0.15, -0.1) is 0 Å². The zero-order valence-corrected chi connectivity index (χ0v) is 18.2. The largest absolute Gasteiger partial charge is 0.464 e. The van der Waals surface area contributed by atoms with Gasteiger partial charge in [0.15, 0.2) is 6.20 Å². The van der Waals surface area contributed by atoms with Gasteiger partial charge in [0.2, 0.25) is 5.69 Å². The molecule has 0 bridgehead atoms. The summed E-state index contributed by atoms with van der Waals surface area (Å²) in [6, 6.07) is 11.1. The number of nitrogens with zero attached hydrogens (tertiary/aromatic N) is 1. The average Bonchev–Trinajstić information content (AvgIpc) is 3.18. The van der Waals surface area contributed by atoms with Crippen LogP contribution < -0.4 is 9.30 Å². The summed E-state index contributed by atoms with van der Waals surface area (Å²) in [7, 11) is 2.12. The van der Waals surface area contributed by atoms with Crippen molar-refractivity contribution in [2.75, 3.05) is 0 Å². The summed E-state index contributed by atoms with van der Waals surface area (Å²) in [5.41, 5.74) is 6.35. The minimum Gasteiger partial charge on any atom is -0.464 e. The van der Waals surface area contributed by atoms with E-state index in [1.165, 1.54) is 47.7 Å². The number of hydrogen-bond acceptors (Lipinski definition) is 2. The lowest BCUT2D eigenvalue weighted by Crippen LogP contribution is -2.31. The van der Waals surface area contributed by atoms with E-state index in [1.54, 1.807) is 6.26 Å². The third-order valence-electron chi connectivity index (χ3n) is 7.43. The van der Waals surface area contributed by atoms with Crippen LogP contribution in [0.5, 0.6) is 11.5 Å². The second-order valence-electron chi connectivity index (χ2n) is 10.0. The molecule has 0 saturated heterocycles. The molecule has 3 nitrogen and oxygen atoms in total. The standard InChI is InChI=1S/C27H28NO2/c1-16-23-21(14-19-8-12-29-26(16)19)30-22-15-20(17-5-9-27(2,3)10-6-17)13-18-7-11-28(4)25(23)24(18)22/h7-8,11-15,17H,5-6,9-10H2,1-4H3/q+1. The predicted octanol–water partition coefficient (Wildman–Crippen LogP) is 7.18. The lowest BCUT2D eigenvalue weighted by molar-refractivity contribution is -0.659. The van der Waals surface area contributed by atoms with Crippen molar-refractivity contribution in [3.8, 4) is 22.8 Å². The maximum absolute atomic E-state index is 6.58. The number of pyridine rings is 1. The summed E-state index contributed by atoms with van der Waals surface area (Å²) < 4.78 is 14.6. The van der Waals surface area contributed by atoms with Crippen molar-refractivity contribution >= 4 is 21.7 Å². The molecular formula is C27H28NO2+. The second-order valence-corrected chi connectivity index (χ2v) is 10.0. The maximum atomic E-state index is 6.58. The maximum Gasteiger partial charge on any atom is 0.228 e. The number of ether oxygens (including phenoxy) is 1. The van der Waals surface area contributed by atoms with Gasteiger partial charge >= 0.3 is 0 Å². The topological polar surface area (TPSA) is 26.2 Å². The quantitative estimate of drug-likeness (QED) is 0.280. The van der Waals surface area contributed by atoms with E-state index < -0.39 is 0 Å². The van der Waals surface area contributed by atoms with Crippen molar-refractivity contribution < 1.29 is 13.7 Å². The van der Waals surface area contributed by atoms with Gasteiger partial charge in [-0.1, -0.05) is 19.9 Å².